The van der Waals surface area contributed by atoms with Gasteiger partial charge in [0.2, 0.25) is 0 Å². The molecule has 0 aliphatic carbocycles. The highest BCUT2D eigenvalue weighted by Gasteiger charge is 2.40. The van der Waals surface area contributed by atoms with Crippen LogP contribution in [0.15, 0.2) is 131 Å². The molecule has 5 rings (SSSR count). The van der Waals surface area contributed by atoms with Crippen LogP contribution in [0.5, 0.6) is 0 Å². The van der Waals surface area contributed by atoms with Gasteiger partial charge in [-0.1, -0.05) is 66.4 Å². The van der Waals surface area contributed by atoms with Crippen LogP contribution in [0.1, 0.15) is 10.4 Å². The van der Waals surface area contributed by atoms with Gasteiger partial charge < -0.3 is 10.6 Å². The molecule has 0 fully saturated rings. The molecule has 2 N–H and O–H groups in total. The fourth-order valence-corrected chi connectivity index (χ4v) is 4.64. The average Bonchev–Trinajstić information content (AvgIpc) is 3.15. The molecule has 0 unspecified atom stereocenters. The zero-order valence-corrected chi connectivity index (χ0v) is 19.9. The van der Waals surface area contributed by atoms with Crippen LogP contribution in [-0.4, -0.2) is 17.7 Å². The number of hydrogen-bond acceptors (Lipinski definition) is 5. The van der Waals surface area contributed by atoms with Gasteiger partial charge in [0, 0.05) is 21.8 Å². The molecule has 1 aliphatic rings. The van der Waals surface area contributed by atoms with Gasteiger partial charge in [0.1, 0.15) is 10.6 Å². The number of thioether (sulfide) groups is 1. The van der Waals surface area contributed by atoms with Crippen molar-refractivity contribution in [3.63, 3.8) is 0 Å². The van der Waals surface area contributed by atoms with Gasteiger partial charge in [0.15, 0.2) is 0 Å². The molecule has 176 valence electrons. The molecule has 0 aromatic heterocycles. The van der Waals surface area contributed by atoms with Gasteiger partial charge in [0.25, 0.3) is 17.7 Å². The minimum atomic E-state index is -0.413. The number of nitrogens with zero attached hydrogens (tertiary/aromatic N) is 1. The Kier molecular flexibility index (Phi) is 6.64. The van der Waals surface area contributed by atoms with E-state index in [1.165, 1.54) is 16.7 Å². The molecule has 0 atom stereocenters. The normalized spacial score (nSPS) is 13.2. The Balaban J connectivity index is 1.40. The number of anilines is 3. The van der Waals surface area contributed by atoms with E-state index in [2.05, 4.69) is 10.6 Å². The first-order valence-electron chi connectivity index (χ1n) is 11.2. The van der Waals surface area contributed by atoms with Crippen LogP contribution in [-0.2, 0) is 9.59 Å². The molecule has 7 heteroatoms. The molecule has 3 amide bonds. The fourth-order valence-electron chi connectivity index (χ4n) is 3.71. The second kappa shape index (κ2) is 10.3. The summed E-state index contributed by atoms with van der Waals surface area (Å²) in [4.78, 5) is 41.4. The summed E-state index contributed by atoms with van der Waals surface area (Å²) in [7, 11) is 0. The van der Waals surface area contributed by atoms with E-state index >= 15 is 0 Å². The maximum absolute atomic E-state index is 13.4. The predicted molar refractivity (Wildman–Crippen MR) is 143 cm³/mol. The van der Waals surface area contributed by atoms with Crippen LogP contribution in [0.3, 0.4) is 0 Å². The van der Waals surface area contributed by atoms with Gasteiger partial charge in [-0.25, -0.2) is 4.90 Å². The van der Waals surface area contributed by atoms with Crippen molar-refractivity contribution in [2.24, 2.45) is 0 Å². The lowest BCUT2D eigenvalue weighted by molar-refractivity contribution is -0.120. The number of imide groups is 1. The van der Waals surface area contributed by atoms with E-state index in [4.69, 9.17) is 0 Å². The third-order valence-corrected chi connectivity index (χ3v) is 6.56. The van der Waals surface area contributed by atoms with E-state index in [-0.39, 0.29) is 11.6 Å². The monoisotopic (exact) mass is 491 g/mol. The lowest BCUT2D eigenvalue weighted by Crippen LogP contribution is -2.32. The van der Waals surface area contributed by atoms with Crippen molar-refractivity contribution < 1.29 is 14.4 Å². The first-order valence-corrected chi connectivity index (χ1v) is 12.1. The SMILES string of the molecule is O=C(Nc1ccc(SC2=C(Nc3ccccc3)C(=O)N(c3ccccc3)C2=O)cc1)c1ccccc1. The van der Waals surface area contributed by atoms with E-state index in [1.807, 2.05) is 54.6 Å². The van der Waals surface area contributed by atoms with E-state index in [9.17, 15) is 14.4 Å². The first-order chi connectivity index (χ1) is 17.6. The average molecular weight is 492 g/mol. The third-order valence-electron chi connectivity index (χ3n) is 5.47. The summed E-state index contributed by atoms with van der Waals surface area (Å²) in [6, 6.07) is 34.2. The third kappa shape index (κ3) is 4.92. The molecular formula is C29H21N3O3S. The molecule has 36 heavy (non-hydrogen) atoms. The highest BCUT2D eigenvalue weighted by molar-refractivity contribution is 8.04. The van der Waals surface area contributed by atoms with Gasteiger partial charge in [-0.05, 0) is 60.7 Å². The Morgan fingerprint density at radius 2 is 1.22 bits per heavy atom. The van der Waals surface area contributed by atoms with Crippen molar-refractivity contribution in [1.29, 1.82) is 0 Å². The van der Waals surface area contributed by atoms with E-state index in [0.717, 1.165) is 4.90 Å². The first kappa shape index (κ1) is 23.1. The summed E-state index contributed by atoms with van der Waals surface area (Å²) in [5, 5.41) is 6.00. The van der Waals surface area contributed by atoms with Gasteiger partial charge in [-0.2, -0.15) is 0 Å². The van der Waals surface area contributed by atoms with Crippen molar-refractivity contribution in [2.45, 2.75) is 4.90 Å². The molecule has 0 saturated heterocycles. The summed E-state index contributed by atoms with van der Waals surface area (Å²) in [5.74, 6) is -1.01. The number of rotatable bonds is 7. The van der Waals surface area contributed by atoms with Crippen molar-refractivity contribution in [1.82, 2.24) is 0 Å². The Morgan fingerprint density at radius 1 is 0.639 bits per heavy atom. The van der Waals surface area contributed by atoms with E-state index < -0.39 is 11.8 Å². The van der Waals surface area contributed by atoms with Crippen LogP contribution in [0.4, 0.5) is 17.1 Å². The van der Waals surface area contributed by atoms with Crippen LogP contribution in [0.2, 0.25) is 0 Å². The number of nitrogens with one attached hydrogen (secondary N) is 2. The topological polar surface area (TPSA) is 78.5 Å². The molecule has 1 aliphatic heterocycles. The molecule has 6 nitrogen and oxygen atoms in total. The van der Waals surface area contributed by atoms with Crippen LogP contribution < -0.4 is 15.5 Å². The number of carbonyl (C=O) groups is 3. The number of benzene rings is 4. The fraction of sp³-hybridized carbons (Fsp3) is 0. The van der Waals surface area contributed by atoms with Crippen molar-refractivity contribution >= 4 is 46.5 Å². The lowest BCUT2D eigenvalue weighted by atomic mass is 10.2. The number of para-hydroxylation sites is 2. The highest BCUT2D eigenvalue weighted by atomic mass is 32.2. The second-order valence-electron chi connectivity index (χ2n) is 7.92. The predicted octanol–water partition coefficient (Wildman–Crippen LogP) is 5.93. The van der Waals surface area contributed by atoms with Gasteiger partial charge >= 0.3 is 0 Å². The van der Waals surface area contributed by atoms with Crippen LogP contribution in [0.25, 0.3) is 0 Å². The van der Waals surface area contributed by atoms with Crippen molar-refractivity contribution in [2.75, 3.05) is 15.5 Å². The second-order valence-corrected chi connectivity index (χ2v) is 9.01. The molecule has 0 saturated carbocycles. The summed E-state index contributed by atoms with van der Waals surface area (Å²) < 4.78 is 0. The smallest absolute Gasteiger partial charge is 0.283 e. The van der Waals surface area contributed by atoms with E-state index in [1.54, 1.807) is 60.7 Å². The van der Waals surface area contributed by atoms with Crippen molar-refractivity contribution in [3.8, 4) is 0 Å². The highest BCUT2D eigenvalue weighted by Crippen LogP contribution is 2.38. The summed E-state index contributed by atoms with van der Waals surface area (Å²) >= 11 is 1.21. The van der Waals surface area contributed by atoms with Crippen LogP contribution in [0, 0.1) is 0 Å². The minimum absolute atomic E-state index is 0.205. The quantitative estimate of drug-likeness (QED) is 0.314. The Morgan fingerprint density at radius 3 is 1.86 bits per heavy atom. The number of amides is 3. The Bertz CT molecular complexity index is 1440. The molecule has 0 spiro atoms. The lowest BCUT2D eigenvalue weighted by Gasteiger charge is -2.15. The Labute approximate surface area is 212 Å². The number of hydrogen-bond donors (Lipinski definition) is 2. The molecule has 4 aromatic carbocycles. The molecule has 0 bridgehead atoms. The zero-order valence-electron chi connectivity index (χ0n) is 19.0. The summed E-state index contributed by atoms with van der Waals surface area (Å²) in [6.07, 6.45) is 0. The molecular weight excluding hydrogens is 470 g/mol. The maximum atomic E-state index is 13.4. The summed E-state index contributed by atoms with van der Waals surface area (Å²) in [6.45, 7) is 0. The van der Waals surface area contributed by atoms with Gasteiger partial charge in [-0.15, -0.1) is 0 Å². The Hall–Kier alpha value is -4.62. The van der Waals surface area contributed by atoms with E-state index in [0.29, 0.717) is 27.5 Å². The molecule has 1 heterocycles. The summed E-state index contributed by atoms with van der Waals surface area (Å²) in [5.41, 5.74) is 2.63. The van der Waals surface area contributed by atoms with Gasteiger partial charge in [-0.3, -0.25) is 14.4 Å². The standard InChI is InChI=1S/C29H21N3O3S/c33-27(20-10-4-1-5-11-20)31-22-16-18-24(19-17-22)36-26-25(30-21-12-6-2-7-13-21)28(34)32(29(26)35)23-14-8-3-9-15-23/h1-19,30H,(H,31,33). The zero-order chi connectivity index (χ0) is 24.9. The van der Waals surface area contributed by atoms with Gasteiger partial charge in [0.05, 0.1) is 5.69 Å². The largest absolute Gasteiger partial charge is 0.350 e. The van der Waals surface area contributed by atoms with Crippen molar-refractivity contribution in [3.05, 3.63) is 131 Å². The maximum Gasteiger partial charge on any atom is 0.283 e. The van der Waals surface area contributed by atoms with Crippen LogP contribution >= 0.6 is 11.8 Å². The minimum Gasteiger partial charge on any atom is -0.350 e. The molecule has 0 radical (unpaired) electrons. The molecule has 4 aromatic rings. The number of carbonyl (C=O) groups excluding carboxylic acids is 3.